The Hall–Kier alpha value is -2.03. The summed E-state index contributed by atoms with van der Waals surface area (Å²) in [5, 5.41) is 21.0. The predicted molar refractivity (Wildman–Crippen MR) is 71.5 cm³/mol. The van der Waals surface area contributed by atoms with Crippen molar-refractivity contribution in [1.29, 1.82) is 0 Å². The average Bonchev–Trinajstić information content (AvgIpc) is 2.28. The first-order valence-electron chi connectivity index (χ1n) is 5.81. The number of aromatic hydroxyl groups is 1. The molecule has 2 aromatic carbocycles. The number of hydrogen-bond acceptors (Lipinski definition) is 2. The van der Waals surface area contributed by atoms with Crippen molar-refractivity contribution in [3.8, 4) is 5.75 Å². The second-order valence-corrected chi connectivity index (χ2v) is 4.76. The molecule has 18 heavy (non-hydrogen) atoms. The Morgan fingerprint density at radius 1 is 0.944 bits per heavy atom. The van der Waals surface area contributed by atoms with Crippen molar-refractivity contribution in [3.05, 3.63) is 39.9 Å². The minimum atomic E-state index is -0.914. The number of rotatable bonds is 1. The summed E-state index contributed by atoms with van der Waals surface area (Å²) >= 11 is 0. The van der Waals surface area contributed by atoms with Gasteiger partial charge in [-0.25, -0.2) is 4.79 Å². The zero-order chi connectivity index (χ0) is 13.6. The lowest BCUT2D eigenvalue weighted by Gasteiger charge is -2.15. The fourth-order valence-electron chi connectivity index (χ4n) is 2.63. The summed E-state index contributed by atoms with van der Waals surface area (Å²) in [4.78, 5) is 11.2. The molecule has 0 unspecified atom stereocenters. The molecule has 0 aromatic heterocycles. The van der Waals surface area contributed by atoms with Crippen LogP contribution in [0.5, 0.6) is 5.75 Å². The van der Waals surface area contributed by atoms with Crippen LogP contribution in [0.2, 0.25) is 0 Å². The summed E-state index contributed by atoms with van der Waals surface area (Å²) in [5.41, 5.74) is 3.66. The second-order valence-electron chi connectivity index (χ2n) is 4.76. The van der Waals surface area contributed by atoms with E-state index in [9.17, 15) is 15.0 Å². The van der Waals surface area contributed by atoms with E-state index in [0.717, 1.165) is 33.0 Å². The highest BCUT2D eigenvalue weighted by Gasteiger charge is 2.16. The van der Waals surface area contributed by atoms with Crippen LogP contribution in [0.15, 0.2) is 12.1 Å². The molecule has 0 fully saturated rings. The van der Waals surface area contributed by atoms with Gasteiger partial charge >= 0.3 is 5.97 Å². The molecule has 0 heterocycles. The van der Waals surface area contributed by atoms with Crippen molar-refractivity contribution in [3.63, 3.8) is 0 Å². The van der Waals surface area contributed by atoms with Crippen LogP contribution in [0.3, 0.4) is 0 Å². The normalized spacial score (nSPS) is 10.9. The van der Waals surface area contributed by atoms with E-state index in [4.69, 9.17) is 0 Å². The Balaban J connectivity index is 3.07. The Labute approximate surface area is 106 Å². The van der Waals surface area contributed by atoms with Crippen molar-refractivity contribution in [2.24, 2.45) is 0 Å². The van der Waals surface area contributed by atoms with E-state index in [1.54, 1.807) is 12.1 Å². The highest BCUT2D eigenvalue weighted by Crippen LogP contribution is 2.35. The molecule has 0 radical (unpaired) electrons. The smallest absolute Gasteiger partial charge is 0.335 e. The van der Waals surface area contributed by atoms with Gasteiger partial charge in [0.15, 0.2) is 0 Å². The standard InChI is InChI=1S/C15H16O3/c1-7-5-11(15(17)18)9(3)13-8(2)6-12(16)10(4)14(7)13/h5-6,16H,1-4H3,(H,17,18). The van der Waals surface area contributed by atoms with E-state index < -0.39 is 5.97 Å². The van der Waals surface area contributed by atoms with Gasteiger partial charge in [0.2, 0.25) is 0 Å². The molecule has 2 rings (SSSR count). The van der Waals surface area contributed by atoms with Gasteiger partial charge in [-0.2, -0.15) is 0 Å². The highest BCUT2D eigenvalue weighted by molar-refractivity contribution is 6.02. The third-order valence-corrected chi connectivity index (χ3v) is 3.52. The first-order valence-corrected chi connectivity index (χ1v) is 5.81. The summed E-state index contributed by atoms with van der Waals surface area (Å²) < 4.78 is 0. The quantitative estimate of drug-likeness (QED) is 0.807. The van der Waals surface area contributed by atoms with Crippen molar-refractivity contribution >= 4 is 16.7 Å². The topological polar surface area (TPSA) is 57.5 Å². The van der Waals surface area contributed by atoms with Crippen molar-refractivity contribution in [2.75, 3.05) is 0 Å². The minimum absolute atomic E-state index is 0.255. The van der Waals surface area contributed by atoms with Gasteiger partial charge < -0.3 is 10.2 Å². The number of carbonyl (C=O) groups is 1. The Morgan fingerprint density at radius 3 is 2.00 bits per heavy atom. The van der Waals surface area contributed by atoms with Crippen LogP contribution in [0.4, 0.5) is 0 Å². The first kappa shape index (κ1) is 12.4. The van der Waals surface area contributed by atoms with Crippen LogP contribution in [0, 0.1) is 27.7 Å². The number of phenolic OH excluding ortho intramolecular Hbond substituents is 1. The molecule has 3 nitrogen and oxygen atoms in total. The molecule has 2 N–H and O–H groups in total. The maximum absolute atomic E-state index is 11.2. The summed E-state index contributed by atoms with van der Waals surface area (Å²) in [7, 11) is 0. The van der Waals surface area contributed by atoms with E-state index in [2.05, 4.69) is 0 Å². The fraction of sp³-hybridized carbons (Fsp3) is 0.267. The second kappa shape index (κ2) is 4.02. The Kier molecular flexibility index (Phi) is 2.77. The molecule has 0 aliphatic carbocycles. The van der Waals surface area contributed by atoms with Gasteiger partial charge in [-0.1, -0.05) is 0 Å². The van der Waals surface area contributed by atoms with E-state index in [0.29, 0.717) is 5.56 Å². The molecule has 0 atom stereocenters. The monoisotopic (exact) mass is 244 g/mol. The number of aromatic carboxylic acids is 1. The van der Waals surface area contributed by atoms with Gasteiger partial charge in [-0.15, -0.1) is 0 Å². The minimum Gasteiger partial charge on any atom is -0.508 e. The molecular formula is C15H16O3. The summed E-state index contributed by atoms with van der Waals surface area (Å²) in [6.07, 6.45) is 0. The van der Waals surface area contributed by atoms with Gasteiger partial charge in [0.1, 0.15) is 5.75 Å². The van der Waals surface area contributed by atoms with E-state index in [1.165, 1.54) is 0 Å². The molecule has 0 aliphatic heterocycles. The number of benzene rings is 2. The zero-order valence-corrected chi connectivity index (χ0v) is 11.0. The fourth-order valence-corrected chi connectivity index (χ4v) is 2.63. The number of aryl methyl sites for hydroxylation is 4. The molecule has 2 aromatic rings. The lowest BCUT2D eigenvalue weighted by molar-refractivity contribution is 0.0696. The van der Waals surface area contributed by atoms with Gasteiger partial charge in [0.25, 0.3) is 0 Å². The SMILES string of the molecule is Cc1cc(C(=O)O)c(C)c2c(C)cc(O)c(C)c12. The summed E-state index contributed by atoms with van der Waals surface area (Å²) in [5.74, 6) is -0.659. The lowest BCUT2D eigenvalue weighted by atomic mass is 9.90. The van der Waals surface area contributed by atoms with Crippen LogP contribution >= 0.6 is 0 Å². The maximum Gasteiger partial charge on any atom is 0.335 e. The molecule has 3 heteroatoms. The molecule has 0 spiro atoms. The van der Waals surface area contributed by atoms with Crippen LogP contribution in [0.25, 0.3) is 10.8 Å². The predicted octanol–water partition coefficient (Wildman–Crippen LogP) is 3.48. The molecule has 94 valence electrons. The molecule has 0 saturated heterocycles. The number of carboxylic acid groups (broad SMARTS) is 1. The first-order chi connectivity index (χ1) is 8.34. The van der Waals surface area contributed by atoms with Crippen molar-refractivity contribution in [1.82, 2.24) is 0 Å². The lowest BCUT2D eigenvalue weighted by Crippen LogP contribution is -2.03. The molecular weight excluding hydrogens is 228 g/mol. The van der Waals surface area contributed by atoms with E-state index in [1.807, 2.05) is 27.7 Å². The average molecular weight is 244 g/mol. The van der Waals surface area contributed by atoms with Crippen LogP contribution in [-0.4, -0.2) is 16.2 Å². The van der Waals surface area contributed by atoms with Gasteiger partial charge in [0, 0.05) is 0 Å². The van der Waals surface area contributed by atoms with Crippen LogP contribution in [-0.2, 0) is 0 Å². The van der Waals surface area contributed by atoms with Crippen molar-refractivity contribution in [2.45, 2.75) is 27.7 Å². The van der Waals surface area contributed by atoms with E-state index >= 15 is 0 Å². The van der Waals surface area contributed by atoms with Gasteiger partial charge in [-0.05, 0) is 72.9 Å². The largest absolute Gasteiger partial charge is 0.508 e. The Bertz CT molecular complexity index is 669. The van der Waals surface area contributed by atoms with Crippen LogP contribution in [0.1, 0.15) is 32.6 Å². The maximum atomic E-state index is 11.2. The number of hydrogen-bond donors (Lipinski definition) is 2. The highest BCUT2D eigenvalue weighted by atomic mass is 16.4. The summed E-state index contributed by atoms with van der Waals surface area (Å²) in [6, 6.07) is 3.36. The zero-order valence-electron chi connectivity index (χ0n) is 11.0. The third kappa shape index (κ3) is 1.63. The molecule has 0 bridgehead atoms. The molecule has 0 amide bonds. The Morgan fingerprint density at radius 2 is 1.44 bits per heavy atom. The number of carboxylic acids is 1. The van der Waals surface area contributed by atoms with Crippen LogP contribution < -0.4 is 0 Å². The van der Waals surface area contributed by atoms with Gasteiger partial charge in [0.05, 0.1) is 5.56 Å². The molecule has 0 aliphatic rings. The summed E-state index contributed by atoms with van der Waals surface area (Å²) in [6.45, 7) is 7.43. The third-order valence-electron chi connectivity index (χ3n) is 3.52. The van der Waals surface area contributed by atoms with E-state index in [-0.39, 0.29) is 5.75 Å². The number of phenols is 1. The number of fused-ring (bicyclic) bond motifs is 1. The molecule has 0 saturated carbocycles. The van der Waals surface area contributed by atoms with Crippen molar-refractivity contribution < 1.29 is 15.0 Å². The van der Waals surface area contributed by atoms with Gasteiger partial charge in [-0.3, -0.25) is 0 Å².